The predicted molar refractivity (Wildman–Crippen MR) is 84.5 cm³/mol. The Bertz CT molecular complexity index is 414. The number of hydrogen-bond acceptors (Lipinski definition) is 3. The van der Waals surface area contributed by atoms with Crippen molar-refractivity contribution >= 4 is 11.6 Å². The SMILES string of the molecule is CCC(CC)(CN)C(=O)Nc1ccc(CN(C)C)cc1. The summed E-state index contributed by atoms with van der Waals surface area (Å²) in [6.45, 7) is 5.29. The molecule has 0 aliphatic carbocycles. The molecular formula is C16H27N3O. The van der Waals surface area contributed by atoms with Gasteiger partial charge < -0.3 is 16.0 Å². The highest BCUT2D eigenvalue weighted by Crippen LogP contribution is 2.27. The molecule has 0 spiro atoms. The van der Waals surface area contributed by atoms with Crippen LogP contribution in [0.5, 0.6) is 0 Å². The van der Waals surface area contributed by atoms with Crippen LogP contribution in [0.2, 0.25) is 0 Å². The van der Waals surface area contributed by atoms with E-state index in [0.717, 1.165) is 25.1 Å². The van der Waals surface area contributed by atoms with Crippen LogP contribution in [0, 0.1) is 5.41 Å². The van der Waals surface area contributed by atoms with Gasteiger partial charge in [-0.3, -0.25) is 4.79 Å². The molecule has 0 aliphatic rings. The minimum absolute atomic E-state index is 0.0189. The number of nitrogens with zero attached hydrogens (tertiary/aromatic N) is 1. The summed E-state index contributed by atoms with van der Waals surface area (Å²) >= 11 is 0. The van der Waals surface area contributed by atoms with E-state index in [0.29, 0.717) is 6.54 Å². The monoisotopic (exact) mass is 277 g/mol. The Morgan fingerprint density at radius 1 is 1.20 bits per heavy atom. The normalized spacial score (nSPS) is 11.7. The van der Waals surface area contributed by atoms with E-state index < -0.39 is 5.41 Å². The molecule has 0 aromatic heterocycles. The Morgan fingerprint density at radius 3 is 2.15 bits per heavy atom. The second-order valence-corrected chi connectivity index (χ2v) is 5.58. The van der Waals surface area contributed by atoms with Crippen molar-refractivity contribution < 1.29 is 4.79 Å². The number of anilines is 1. The highest BCUT2D eigenvalue weighted by atomic mass is 16.2. The molecule has 0 unspecified atom stereocenters. The number of hydrogen-bond donors (Lipinski definition) is 2. The number of rotatable bonds is 7. The van der Waals surface area contributed by atoms with Gasteiger partial charge >= 0.3 is 0 Å². The van der Waals surface area contributed by atoms with Gasteiger partial charge in [-0.25, -0.2) is 0 Å². The molecule has 112 valence electrons. The lowest BCUT2D eigenvalue weighted by atomic mass is 9.81. The zero-order chi connectivity index (χ0) is 15.2. The number of carbonyl (C=O) groups is 1. The molecule has 1 amide bonds. The van der Waals surface area contributed by atoms with Gasteiger partial charge in [-0.1, -0.05) is 26.0 Å². The topological polar surface area (TPSA) is 58.4 Å². The largest absolute Gasteiger partial charge is 0.329 e. The summed E-state index contributed by atoms with van der Waals surface area (Å²) in [6.07, 6.45) is 1.51. The van der Waals surface area contributed by atoms with Crippen LogP contribution in [0.3, 0.4) is 0 Å². The highest BCUT2D eigenvalue weighted by Gasteiger charge is 2.33. The quantitative estimate of drug-likeness (QED) is 0.805. The molecule has 0 fully saturated rings. The van der Waals surface area contributed by atoms with Gasteiger partial charge in [0.05, 0.1) is 5.41 Å². The zero-order valence-corrected chi connectivity index (χ0v) is 13.1. The van der Waals surface area contributed by atoms with Crippen LogP contribution in [0.25, 0.3) is 0 Å². The third kappa shape index (κ3) is 4.05. The van der Waals surface area contributed by atoms with Crippen LogP contribution in [-0.4, -0.2) is 31.4 Å². The maximum atomic E-state index is 12.4. The Labute approximate surface area is 122 Å². The van der Waals surface area contributed by atoms with Crippen LogP contribution < -0.4 is 11.1 Å². The molecule has 0 saturated carbocycles. The van der Waals surface area contributed by atoms with Crippen molar-refractivity contribution in [2.24, 2.45) is 11.1 Å². The summed E-state index contributed by atoms with van der Waals surface area (Å²) in [4.78, 5) is 14.5. The van der Waals surface area contributed by atoms with Crippen molar-refractivity contribution in [3.63, 3.8) is 0 Å². The molecule has 1 rings (SSSR count). The van der Waals surface area contributed by atoms with Crippen LogP contribution in [0.15, 0.2) is 24.3 Å². The summed E-state index contributed by atoms with van der Waals surface area (Å²) in [5, 5.41) is 2.98. The van der Waals surface area contributed by atoms with Gasteiger partial charge in [-0.2, -0.15) is 0 Å². The molecule has 1 aromatic rings. The van der Waals surface area contributed by atoms with Crippen molar-refractivity contribution in [3.8, 4) is 0 Å². The lowest BCUT2D eigenvalue weighted by Gasteiger charge is -2.28. The van der Waals surface area contributed by atoms with Gasteiger partial charge in [0.2, 0.25) is 5.91 Å². The van der Waals surface area contributed by atoms with E-state index in [-0.39, 0.29) is 5.91 Å². The summed E-state index contributed by atoms with van der Waals surface area (Å²) in [5.41, 5.74) is 7.40. The van der Waals surface area contributed by atoms with E-state index in [2.05, 4.69) is 10.2 Å². The third-order valence-electron chi connectivity index (χ3n) is 3.94. The first-order valence-electron chi connectivity index (χ1n) is 7.22. The first-order chi connectivity index (χ1) is 9.47. The van der Waals surface area contributed by atoms with Gasteiger partial charge in [0, 0.05) is 18.8 Å². The molecule has 0 saturated heterocycles. The molecule has 1 aromatic carbocycles. The van der Waals surface area contributed by atoms with Crippen molar-refractivity contribution in [2.45, 2.75) is 33.2 Å². The molecule has 4 nitrogen and oxygen atoms in total. The standard InChI is InChI=1S/C16H27N3O/c1-5-16(6-2,12-17)15(20)18-14-9-7-13(8-10-14)11-19(3)4/h7-10H,5-6,11-12,17H2,1-4H3,(H,18,20). The van der Waals surface area contributed by atoms with Crippen molar-refractivity contribution in [1.82, 2.24) is 4.90 Å². The number of nitrogens with one attached hydrogen (secondary N) is 1. The summed E-state index contributed by atoms with van der Waals surface area (Å²) in [5.74, 6) is 0.0189. The van der Waals surface area contributed by atoms with Gasteiger partial charge in [0.1, 0.15) is 0 Å². The maximum Gasteiger partial charge on any atom is 0.231 e. The van der Waals surface area contributed by atoms with E-state index in [4.69, 9.17) is 5.73 Å². The van der Waals surface area contributed by atoms with Crippen molar-refractivity contribution in [2.75, 3.05) is 26.0 Å². The molecule has 0 heterocycles. The first-order valence-corrected chi connectivity index (χ1v) is 7.22. The average Bonchev–Trinajstić information content (AvgIpc) is 2.43. The second kappa shape index (κ2) is 7.41. The van der Waals surface area contributed by atoms with Crippen LogP contribution >= 0.6 is 0 Å². The van der Waals surface area contributed by atoms with E-state index in [1.165, 1.54) is 5.56 Å². The first kappa shape index (κ1) is 16.7. The lowest BCUT2D eigenvalue weighted by molar-refractivity contribution is -0.125. The smallest absolute Gasteiger partial charge is 0.231 e. The van der Waals surface area contributed by atoms with E-state index >= 15 is 0 Å². The molecule has 0 radical (unpaired) electrons. The predicted octanol–water partition coefficient (Wildman–Crippen LogP) is 2.45. The molecule has 0 bridgehead atoms. The van der Waals surface area contributed by atoms with Crippen molar-refractivity contribution in [3.05, 3.63) is 29.8 Å². The maximum absolute atomic E-state index is 12.4. The summed E-state index contributed by atoms with van der Waals surface area (Å²) in [6, 6.07) is 7.97. The Hall–Kier alpha value is -1.39. The summed E-state index contributed by atoms with van der Waals surface area (Å²) < 4.78 is 0. The molecule has 0 atom stereocenters. The third-order valence-corrected chi connectivity index (χ3v) is 3.94. The number of nitrogens with two attached hydrogens (primary N) is 1. The second-order valence-electron chi connectivity index (χ2n) is 5.58. The van der Waals surface area contributed by atoms with Gasteiger partial charge in [0.15, 0.2) is 0 Å². The molecule has 20 heavy (non-hydrogen) atoms. The van der Waals surface area contributed by atoms with Crippen LogP contribution in [-0.2, 0) is 11.3 Å². The minimum Gasteiger partial charge on any atom is -0.329 e. The van der Waals surface area contributed by atoms with E-state index in [1.807, 2.05) is 52.2 Å². The fourth-order valence-electron chi connectivity index (χ4n) is 2.27. The van der Waals surface area contributed by atoms with Crippen molar-refractivity contribution in [1.29, 1.82) is 0 Å². The zero-order valence-electron chi connectivity index (χ0n) is 13.1. The Balaban J connectivity index is 2.75. The lowest BCUT2D eigenvalue weighted by Crippen LogP contribution is -2.41. The van der Waals surface area contributed by atoms with Crippen LogP contribution in [0.1, 0.15) is 32.3 Å². The minimum atomic E-state index is -0.456. The Kier molecular flexibility index (Phi) is 6.17. The summed E-state index contributed by atoms with van der Waals surface area (Å²) in [7, 11) is 4.07. The number of amides is 1. The fourth-order valence-corrected chi connectivity index (χ4v) is 2.27. The molecular weight excluding hydrogens is 250 g/mol. The molecule has 3 N–H and O–H groups in total. The van der Waals surface area contributed by atoms with Gasteiger partial charge in [-0.15, -0.1) is 0 Å². The molecule has 4 heteroatoms. The van der Waals surface area contributed by atoms with Gasteiger partial charge in [0.25, 0.3) is 0 Å². The van der Waals surface area contributed by atoms with Gasteiger partial charge in [-0.05, 0) is 44.6 Å². The number of benzene rings is 1. The van der Waals surface area contributed by atoms with E-state index in [1.54, 1.807) is 0 Å². The number of carbonyl (C=O) groups excluding carboxylic acids is 1. The average molecular weight is 277 g/mol. The Morgan fingerprint density at radius 2 is 1.75 bits per heavy atom. The van der Waals surface area contributed by atoms with E-state index in [9.17, 15) is 4.79 Å². The highest BCUT2D eigenvalue weighted by molar-refractivity contribution is 5.95. The fraction of sp³-hybridized carbons (Fsp3) is 0.562. The molecule has 0 aliphatic heterocycles. The van der Waals surface area contributed by atoms with Crippen LogP contribution in [0.4, 0.5) is 5.69 Å².